The molecule has 0 bridgehead atoms. The number of amides is 1. The van der Waals surface area contributed by atoms with Gasteiger partial charge in [-0.2, -0.15) is 9.50 Å². The van der Waals surface area contributed by atoms with Gasteiger partial charge >= 0.3 is 0 Å². The molecule has 0 saturated carbocycles. The van der Waals surface area contributed by atoms with Crippen LogP contribution in [0.5, 0.6) is 0 Å². The second-order valence-corrected chi connectivity index (χ2v) is 2.61. The summed E-state index contributed by atoms with van der Waals surface area (Å²) in [4.78, 5) is 18.6. The molecule has 1 radical (unpaired) electrons. The van der Waals surface area contributed by atoms with Crippen LogP contribution < -0.4 is 5.48 Å². The van der Waals surface area contributed by atoms with Crippen LogP contribution in [0.3, 0.4) is 0 Å². The second kappa shape index (κ2) is 3.59. The lowest BCUT2D eigenvalue weighted by atomic mass is 10.4. The molecular formula is C7H6N5O3. The fourth-order valence-electron chi connectivity index (χ4n) is 1.01. The standard InChI is InChI=1S/C7H6N5O3/c13-3-5-9-7-8-4(6(14)11-15)1-2-12(7)10-5/h1,13,15H,3H2,(H,11,14). The maximum absolute atomic E-state index is 11.0. The number of aromatic nitrogens is 4. The molecule has 2 rings (SSSR count). The Morgan fingerprint density at radius 3 is 3.07 bits per heavy atom. The van der Waals surface area contributed by atoms with Gasteiger partial charge in [0.15, 0.2) is 5.82 Å². The largest absolute Gasteiger partial charge is 0.388 e. The minimum absolute atomic E-state index is 0.0399. The smallest absolute Gasteiger partial charge is 0.293 e. The van der Waals surface area contributed by atoms with Gasteiger partial charge in [-0.25, -0.2) is 10.5 Å². The maximum Gasteiger partial charge on any atom is 0.293 e. The van der Waals surface area contributed by atoms with E-state index in [1.807, 2.05) is 0 Å². The Morgan fingerprint density at radius 2 is 2.40 bits per heavy atom. The highest BCUT2D eigenvalue weighted by Crippen LogP contribution is 2.00. The van der Waals surface area contributed by atoms with Crippen LogP contribution in [-0.2, 0) is 6.61 Å². The molecule has 8 heteroatoms. The summed E-state index contributed by atoms with van der Waals surface area (Å²) < 4.78 is 1.19. The SMILES string of the molecule is O=C(NO)c1c[c]n2nc(CO)nc2n1. The van der Waals surface area contributed by atoms with Gasteiger partial charge in [0.25, 0.3) is 11.7 Å². The molecule has 2 aromatic heterocycles. The van der Waals surface area contributed by atoms with Crippen molar-refractivity contribution in [2.75, 3.05) is 0 Å². The van der Waals surface area contributed by atoms with Crippen LogP contribution >= 0.6 is 0 Å². The van der Waals surface area contributed by atoms with E-state index in [1.165, 1.54) is 16.1 Å². The molecule has 0 aromatic carbocycles. The number of fused-ring (bicyclic) bond motifs is 1. The average molecular weight is 208 g/mol. The molecule has 0 aliphatic rings. The number of aliphatic hydroxyl groups is 1. The quantitative estimate of drug-likeness (QED) is 0.410. The summed E-state index contributed by atoms with van der Waals surface area (Å²) in [5, 5.41) is 20.9. The lowest BCUT2D eigenvalue weighted by molar-refractivity contribution is 0.0701. The summed E-state index contributed by atoms with van der Waals surface area (Å²) in [5.74, 6) is -0.456. The molecular weight excluding hydrogens is 202 g/mol. The van der Waals surface area contributed by atoms with Crippen LogP contribution in [0, 0.1) is 6.20 Å². The Morgan fingerprint density at radius 1 is 1.60 bits per heavy atom. The number of nitrogens with one attached hydrogen (secondary N) is 1. The number of carbonyl (C=O) groups excluding carboxylic acids is 1. The van der Waals surface area contributed by atoms with Crippen LogP contribution in [0.4, 0.5) is 0 Å². The Bertz CT molecular complexity index is 508. The van der Waals surface area contributed by atoms with Gasteiger partial charge in [-0.15, -0.1) is 5.10 Å². The van der Waals surface area contributed by atoms with E-state index in [9.17, 15) is 4.79 Å². The first-order chi connectivity index (χ1) is 7.24. The van der Waals surface area contributed by atoms with Crippen molar-refractivity contribution in [3.63, 3.8) is 0 Å². The molecule has 2 aromatic rings. The van der Waals surface area contributed by atoms with Crippen LogP contribution in [-0.4, -0.2) is 35.8 Å². The average Bonchev–Trinajstić information content (AvgIpc) is 2.69. The highest BCUT2D eigenvalue weighted by Gasteiger charge is 2.09. The first-order valence-electron chi connectivity index (χ1n) is 3.94. The van der Waals surface area contributed by atoms with E-state index in [0.29, 0.717) is 0 Å². The minimum Gasteiger partial charge on any atom is -0.388 e. The minimum atomic E-state index is -0.762. The number of rotatable bonds is 2. The van der Waals surface area contributed by atoms with E-state index >= 15 is 0 Å². The van der Waals surface area contributed by atoms with Gasteiger partial charge in [0.2, 0.25) is 0 Å². The Balaban J connectivity index is 2.50. The number of carbonyl (C=O) groups is 1. The fraction of sp³-hybridized carbons (Fsp3) is 0.143. The molecule has 77 valence electrons. The first-order valence-corrected chi connectivity index (χ1v) is 3.94. The van der Waals surface area contributed by atoms with Crippen molar-refractivity contribution < 1.29 is 15.1 Å². The van der Waals surface area contributed by atoms with E-state index in [2.05, 4.69) is 21.3 Å². The predicted molar refractivity (Wildman–Crippen MR) is 44.8 cm³/mol. The summed E-state index contributed by atoms with van der Waals surface area (Å²) in [7, 11) is 0. The number of hydroxylamine groups is 1. The fourth-order valence-corrected chi connectivity index (χ4v) is 1.01. The molecule has 0 atom stereocenters. The number of hydrogen-bond acceptors (Lipinski definition) is 6. The van der Waals surface area contributed by atoms with E-state index < -0.39 is 5.91 Å². The monoisotopic (exact) mass is 208 g/mol. The van der Waals surface area contributed by atoms with E-state index in [0.717, 1.165) is 0 Å². The highest BCUT2D eigenvalue weighted by atomic mass is 16.5. The molecule has 3 N–H and O–H groups in total. The molecule has 0 saturated heterocycles. The Labute approximate surface area is 83.2 Å². The van der Waals surface area contributed by atoms with Crippen LogP contribution in [0.25, 0.3) is 5.78 Å². The topological polar surface area (TPSA) is 113 Å². The predicted octanol–water partition coefficient (Wildman–Crippen LogP) is -1.46. The molecule has 15 heavy (non-hydrogen) atoms. The third-order valence-corrected chi connectivity index (χ3v) is 1.65. The van der Waals surface area contributed by atoms with Crippen molar-refractivity contribution in [3.05, 3.63) is 23.8 Å². The van der Waals surface area contributed by atoms with E-state index in [1.54, 1.807) is 0 Å². The Kier molecular flexibility index (Phi) is 2.27. The zero-order valence-electron chi connectivity index (χ0n) is 7.38. The first kappa shape index (κ1) is 9.49. The molecule has 2 heterocycles. The van der Waals surface area contributed by atoms with Crippen LogP contribution in [0.2, 0.25) is 0 Å². The van der Waals surface area contributed by atoms with Gasteiger partial charge in [0, 0.05) is 0 Å². The van der Waals surface area contributed by atoms with Gasteiger partial charge in [-0.1, -0.05) is 0 Å². The van der Waals surface area contributed by atoms with Crippen LogP contribution in [0.15, 0.2) is 6.07 Å². The molecule has 1 amide bonds. The zero-order chi connectivity index (χ0) is 10.8. The van der Waals surface area contributed by atoms with Crippen molar-refractivity contribution in [1.82, 2.24) is 25.1 Å². The summed E-state index contributed by atoms with van der Waals surface area (Å²) in [6.45, 7) is -0.321. The second-order valence-electron chi connectivity index (χ2n) is 2.61. The molecule has 0 unspecified atom stereocenters. The summed E-state index contributed by atoms with van der Waals surface area (Å²) in [5.41, 5.74) is 1.40. The number of nitrogens with zero attached hydrogens (tertiary/aromatic N) is 4. The molecule has 0 spiro atoms. The third kappa shape index (κ3) is 1.63. The zero-order valence-corrected chi connectivity index (χ0v) is 7.38. The van der Waals surface area contributed by atoms with Gasteiger partial charge < -0.3 is 5.11 Å². The summed E-state index contributed by atoms with van der Waals surface area (Å²) in [6, 6.07) is 1.24. The Hall–Kier alpha value is -2.06. The molecule has 0 aliphatic heterocycles. The molecule has 8 nitrogen and oxygen atoms in total. The van der Waals surface area contributed by atoms with Gasteiger partial charge in [-0.3, -0.25) is 10.0 Å². The summed E-state index contributed by atoms with van der Waals surface area (Å²) in [6.07, 6.45) is 2.59. The van der Waals surface area contributed by atoms with Crippen LogP contribution in [0.1, 0.15) is 16.3 Å². The third-order valence-electron chi connectivity index (χ3n) is 1.65. The molecule has 0 aliphatic carbocycles. The lowest BCUT2D eigenvalue weighted by Gasteiger charge is -1.95. The lowest BCUT2D eigenvalue weighted by Crippen LogP contribution is -2.20. The van der Waals surface area contributed by atoms with Crippen molar-refractivity contribution in [1.29, 1.82) is 0 Å². The normalized spacial score (nSPS) is 10.5. The van der Waals surface area contributed by atoms with Gasteiger partial charge in [-0.05, 0) is 6.07 Å². The maximum atomic E-state index is 11.0. The van der Waals surface area contributed by atoms with Gasteiger partial charge in [0.1, 0.15) is 12.3 Å². The van der Waals surface area contributed by atoms with Crippen molar-refractivity contribution >= 4 is 11.7 Å². The molecule has 0 fully saturated rings. The number of hydrogen-bond donors (Lipinski definition) is 3. The van der Waals surface area contributed by atoms with Crippen molar-refractivity contribution in [3.8, 4) is 0 Å². The van der Waals surface area contributed by atoms with Crippen molar-refractivity contribution in [2.24, 2.45) is 0 Å². The highest BCUT2D eigenvalue weighted by molar-refractivity contribution is 5.91. The number of aliphatic hydroxyl groups excluding tert-OH is 1. The van der Waals surface area contributed by atoms with E-state index in [4.69, 9.17) is 10.3 Å². The van der Waals surface area contributed by atoms with E-state index in [-0.39, 0.29) is 23.9 Å². The summed E-state index contributed by atoms with van der Waals surface area (Å²) >= 11 is 0. The van der Waals surface area contributed by atoms with Crippen molar-refractivity contribution in [2.45, 2.75) is 6.61 Å². The van der Waals surface area contributed by atoms with Gasteiger partial charge in [0.05, 0.1) is 6.20 Å².